The number of carbonyl (C=O) groups excluding carboxylic acids is 1. The van der Waals surface area contributed by atoms with Crippen LogP contribution in [0.15, 0.2) is 83.8 Å². The summed E-state index contributed by atoms with van der Waals surface area (Å²) in [5.41, 5.74) is 2.31. The minimum Gasteiger partial charge on any atom is -0.481 e. The second-order valence-corrected chi connectivity index (χ2v) is 9.05. The van der Waals surface area contributed by atoms with Crippen molar-refractivity contribution in [1.29, 1.82) is 0 Å². The van der Waals surface area contributed by atoms with Gasteiger partial charge < -0.3 is 9.84 Å². The highest BCUT2D eigenvalue weighted by Crippen LogP contribution is 2.23. The topological polar surface area (TPSA) is 110 Å². The molecule has 3 rings (SSSR count). The molecule has 0 aliphatic heterocycles. The minimum absolute atomic E-state index is 0.104. The molecule has 0 saturated carbocycles. The van der Waals surface area contributed by atoms with Crippen molar-refractivity contribution in [3.63, 3.8) is 0 Å². The number of benzene rings is 3. The Morgan fingerprint density at radius 2 is 1.47 bits per heavy atom. The Hall–Kier alpha value is -3.20. The number of carbonyl (C=O) groups is 2. The summed E-state index contributed by atoms with van der Waals surface area (Å²) in [6.07, 6.45) is -0.754. The first-order valence-corrected chi connectivity index (χ1v) is 11.4. The molecule has 0 aromatic heterocycles. The lowest BCUT2D eigenvalue weighted by atomic mass is 10.1. The number of hydrogen-bond donors (Lipinski definition) is 2. The fraction of sp³-hybridized carbons (Fsp3) is 0.130. The lowest BCUT2D eigenvalue weighted by Gasteiger charge is -2.16. The van der Waals surface area contributed by atoms with Crippen LogP contribution in [0, 0.1) is 0 Å². The van der Waals surface area contributed by atoms with E-state index in [1.807, 2.05) is 0 Å². The highest BCUT2D eigenvalue weighted by atomic mass is 35.5. The zero-order valence-electron chi connectivity index (χ0n) is 16.8. The lowest BCUT2D eigenvalue weighted by Crippen LogP contribution is -2.43. The maximum absolute atomic E-state index is 12.8. The quantitative estimate of drug-likeness (QED) is 0.456. The second kappa shape index (κ2) is 10.4. The van der Waals surface area contributed by atoms with Crippen molar-refractivity contribution in [2.24, 2.45) is 0 Å². The molecule has 0 radical (unpaired) electrons. The van der Waals surface area contributed by atoms with Gasteiger partial charge in [-0.25, -0.2) is 8.42 Å². The van der Waals surface area contributed by atoms with Gasteiger partial charge in [-0.2, -0.15) is 4.72 Å². The molecule has 0 spiro atoms. The van der Waals surface area contributed by atoms with Gasteiger partial charge in [0, 0.05) is 5.02 Å². The Balaban J connectivity index is 1.73. The largest absolute Gasteiger partial charge is 0.481 e. The number of ether oxygens (including phenoxy) is 1. The highest BCUT2D eigenvalue weighted by molar-refractivity contribution is 7.89. The van der Waals surface area contributed by atoms with E-state index < -0.39 is 34.4 Å². The van der Waals surface area contributed by atoms with Gasteiger partial charge in [0.2, 0.25) is 10.0 Å². The number of hydrogen-bond acceptors (Lipinski definition) is 5. The van der Waals surface area contributed by atoms with E-state index in [4.69, 9.17) is 21.4 Å². The molecule has 0 amide bonds. The van der Waals surface area contributed by atoms with Crippen LogP contribution in [-0.2, 0) is 31.0 Å². The molecule has 0 unspecified atom stereocenters. The standard InChI is InChI=1S/C23H20ClNO6S/c24-19-10-6-17(7-11-19)18-8-12-20(13-9-18)32(29,30)25-21(14-22(26)27)23(28)31-15-16-4-2-1-3-5-16/h1-13,21,25H,14-15H2,(H,26,27)/t21-/m0/s1. The Kier molecular flexibility index (Phi) is 7.63. The predicted molar refractivity (Wildman–Crippen MR) is 119 cm³/mol. The van der Waals surface area contributed by atoms with Crippen molar-refractivity contribution in [3.05, 3.63) is 89.4 Å². The van der Waals surface area contributed by atoms with Crippen molar-refractivity contribution in [1.82, 2.24) is 4.72 Å². The van der Waals surface area contributed by atoms with E-state index in [1.165, 1.54) is 12.1 Å². The number of carboxylic acids is 1. The van der Waals surface area contributed by atoms with Crippen LogP contribution >= 0.6 is 11.6 Å². The van der Waals surface area contributed by atoms with Crippen molar-refractivity contribution < 1.29 is 27.9 Å². The fourth-order valence-electron chi connectivity index (χ4n) is 2.90. The van der Waals surface area contributed by atoms with E-state index in [0.29, 0.717) is 10.6 Å². The zero-order valence-corrected chi connectivity index (χ0v) is 18.3. The third-order valence-electron chi connectivity index (χ3n) is 4.53. The number of esters is 1. The van der Waals surface area contributed by atoms with Crippen LogP contribution in [0.25, 0.3) is 11.1 Å². The van der Waals surface area contributed by atoms with Crippen LogP contribution in [0.5, 0.6) is 0 Å². The van der Waals surface area contributed by atoms with Crippen molar-refractivity contribution in [2.75, 3.05) is 0 Å². The number of rotatable bonds is 9. The van der Waals surface area contributed by atoms with Gasteiger partial charge in [0.1, 0.15) is 12.6 Å². The van der Waals surface area contributed by atoms with E-state index in [2.05, 4.69) is 4.72 Å². The van der Waals surface area contributed by atoms with Gasteiger partial charge in [0.15, 0.2) is 0 Å². The molecule has 32 heavy (non-hydrogen) atoms. The molecule has 166 valence electrons. The summed E-state index contributed by atoms with van der Waals surface area (Å²) in [7, 11) is -4.17. The zero-order chi connectivity index (χ0) is 23.1. The molecule has 9 heteroatoms. The molecule has 0 aliphatic rings. The van der Waals surface area contributed by atoms with Gasteiger partial charge in [-0.1, -0.05) is 66.2 Å². The molecule has 3 aromatic rings. The maximum Gasteiger partial charge on any atom is 0.325 e. The average molecular weight is 474 g/mol. The monoisotopic (exact) mass is 473 g/mol. The van der Waals surface area contributed by atoms with Crippen LogP contribution < -0.4 is 4.72 Å². The molecule has 1 atom stereocenters. The number of nitrogens with one attached hydrogen (secondary N) is 1. The van der Waals surface area contributed by atoms with Crippen molar-refractivity contribution >= 4 is 33.6 Å². The van der Waals surface area contributed by atoms with Crippen LogP contribution in [-0.4, -0.2) is 31.5 Å². The van der Waals surface area contributed by atoms with Crippen LogP contribution in [0.4, 0.5) is 0 Å². The molecule has 0 bridgehead atoms. The SMILES string of the molecule is O=C(O)C[C@H](NS(=O)(=O)c1ccc(-c2ccc(Cl)cc2)cc1)C(=O)OCc1ccccc1. The normalized spacial score (nSPS) is 12.2. The fourth-order valence-corrected chi connectivity index (χ4v) is 4.21. The van der Waals surface area contributed by atoms with Crippen LogP contribution in [0.2, 0.25) is 5.02 Å². The molecule has 0 heterocycles. The maximum atomic E-state index is 12.8. The Labute approximate surface area is 190 Å². The number of aliphatic carboxylic acids is 1. The van der Waals surface area contributed by atoms with E-state index in [-0.39, 0.29) is 11.5 Å². The first-order valence-electron chi connectivity index (χ1n) is 9.55. The smallest absolute Gasteiger partial charge is 0.325 e. The molecular formula is C23H20ClNO6S. The van der Waals surface area contributed by atoms with Gasteiger partial charge in [-0.05, 0) is 41.0 Å². The molecule has 0 saturated heterocycles. The summed E-state index contributed by atoms with van der Waals surface area (Å²) in [4.78, 5) is 23.5. The Morgan fingerprint density at radius 1 is 0.906 bits per heavy atom. The lowest BCUT2D eigenvalue weighted by molar-refractivity contribution is -0.150. The number of carboxylic acid groups (broad SMARTS) is 1. The summed E-state index contributed by atoms with van der Waals surface area (Å²) in [6, 6.07) is 20.2. The third kappa shape index (κ3) is 6.40. The predicted octanol–water partition coefficient (Wildman–Crippen LogP) is 3.87. The van der Waals surface area contributed by atoms with Crippen LogP contribution in [0.3, 0.4) is 0 Å². The second-order valence-electron chi connectivity index (χ2n) is 6.90. The van der Waals surface area contributed by atoms with E-state index in [9.17, 15) is 18.0 Å². The van der Waals surface area contributed by atoms with Gasteiger partial charge in [0.05, 0.1) is 11.3 Å². The summed E-state index contributed by atoms with van der Waals surface area (Å²) in [5.74, 6) is -2.31. The summed E-state index contributed by atoms with van der Waals surface area (Å²) in [5, 5.41) is 9.70. The highest BCUT2D eigenvalue weighted by Gasteiger charge is 2.29. The Morgan fingerprint density at radius 3 is 2.03 bits per heavy atom. The molecule has 3 aromatic carbocycles. The summed E-state index contributed by atoms with van der Waals surface area (Å²) < 4.78 is 32.8. The van der Waals surface area contributed by atoms with Gasteiger partial charge in [0.25, 0.3) is 0 Å². The minimum atomic E-state index is -4.17. The van der Waals surface area contributed by atoms with Crippen LogP contribution in [0.1, 0.15) is 12.0 Å². The van der Waals surface area contributed by atoms with Gasteiger partial charge in [-0.3, -0.25) is 9.59 Å². The third-order valence-corrected chi connectivity index (χ3v) is 6.27. The summed E-state index contributed by atoms with van der Waals surface area (Å²) in [6.45, 7) is -0.104. The number of halogens is 1. The molecule has 2 N–H and O–H groups in total. The number of sulfonamides is 1. The first-order chi connectivity index (χ1) is 15.2. The molecule has 0 aliphatic carbocycles. The molecule has 0 fully saturated rings. The van der Waals surface area contributed by atoms with Gasteiger partial charge >= 0.3 is 11.9 Å². The van der Waals surface area contributed by atoms with E-state index >= 15 is 0 Å². The van der Waals surface area contributed by atoms with Gasteiger partial charge in [-0.15, -0.1) is 0 Å². The van der Waals surface area contributed by atoms with E-state index in [0.717, 1.165) is 11.1 Å². The van der Waals surface area contributed by atoms with Crippen molar-refractivity contribution in [3.8, 4) is 11.1 Å². The molecular weight excluding hydrogens is 454 g/mol. The van der Waals surface area contributed by atoms with Crippen molar-refractivity contribution in [2.45, 2.75) is 24.0 Å². The van der Waals surface area contributed by atoms with E-state index in [1.54, 1.807) is 66.7 Å². The summed E-state index contributed by atoms with van der Waals surface area (Å²) >= 11 is 5.88. The molecule has 7 nitrogen and oxygen atoms in total. The average Bonchev–Trinajstić information content (AvgIpc) is 2.78. The first kappa shape index (κ1) is 23.5. The Bertz CT molecular complexity index is 1180.